The Morgan fingerprint density at radius 2 is 1.42 bits per heavy atom. The van der Waals surface area contributed by atoms with Gasteiger partial charge in [0, 0.05) is 11.0 Å². The highest BCUT2D eigenvalue weighted by Gasteiger charge is 2.36. The molecule has 0 aliphatic carbocycles. The van der Waals surface area contributed by atoms with E-state index < -0.39 is 0 Å². The SMILES string of the molecule is C/C=C/C(C)(C)C(C)(C)N(C)C. The van der Waals surface area contributed by atoms with E-state index in [9.17, 15) is 0 Å². The minimum absolute atomic E-state index is 0.194. The smallest absolute Gasteiger partial charge is 0.0232 e. The first kappa shape index (κ1) is 11.7. The maximum atomic E-state index is 2.27. The van der Waals surface area contributed by atoms with Crippen molar-refractivity contribution in [2.45, 2.75) is 40.2 Å². The summed E-state index contributed by atoms with van der Waals surface area (Å²) in [5, 5.41) is 0. The third-order valence-electron chi connectivity index (χ3n) is 3.28. The number of nitrogens with zero attached hydrogens (tertiary/aromatic N) is 1. The second-order valence-corrected chi connectivity index (χ2v) is 4.68. The fourth-order valence-electron chi connectivity index (χ4n) is 1.20. The third kappa shape index (κ3) is 2.10. The summed E-state index contributed by atoms with van der Waals surface area (Å²) < 4.78 is 0. The van der Waals surface area contributed by atoms with Crippen molar-refractivity contribution in [1.82, 2.24) is 4.90 Å². The van der Waals surface area contributed by atoms with Gasteiger partial charge in [-0.2, -0.15) is 0 Å². The molecule has 0 saturated heterocycles. The van der Waals surface area contributed by atoms with E-state index in [0.29, 0.717) is 0 Å². The summed E-state index contributed by atoms with van der Waals surface area (Å²) in [5.74, 6) is 0. The van der Waals surface area contributed by atoms with Crippen LogP contribution in [-0.2, 0) is 0 Å². The molecule has 0 unspecified atom stereocenters. The first-order chi connectivity index (χ1) is 5.25. The Morgan fingerprint density at radius 1 is 1.00 bits per heavy atom. The minimum Gasteiger partial charge on any atom is -0.303 e. The minimum atomic E-state index is 0.194. The van der Waals surface area contributed by atoms with Crippen molar-refractivity contribution in [2.24, 2.45) is 5.41 Å². The molecule has 0 rings (SSSR count). The van der Waals surface area contributed by atoms with Crippen LogP contribution in [-0.4, -0.2) is 24.5 Å². The summed E-state index contributed by atoms with van der Waals surface area (Å²) in [6, 6.07) is 0. The zero-order valence-electron chi connectivity index (χ0n) is 9.60. The molecule has 12 heavy (non-hydrogen) atoms. The quantitative estimate of drug-likeness (QED) is 0.587. The van der Waals surface area contributed by atoms with Gasteiger partial charge in [-0.1, -0.05) is 26.0 Å². The fourth-order valence-corrected chi connectivity index (χ4v) is 1.20. The van der Waals surface area contributed by atoms with Gasteiger partial charge in [-0.15, -0.1) is 0 Å². The Morgan fingerprint density at radius 3 is 1.67 bits per heavy atom. The predicted octanol–water partition coefficient (Wildman–Crippen LogP) is 2.93. The monoisotopic (exact) mass is 169 g/mol. The van der Waals surface area contributed by atoms with Crippen LogP contribution in [0, 0.1) is 5.41 Å². The highest BCUT2D eigenvalue weighted by atomic mass is 15.1. The second kappa shape index (κ2) is 3.61. The lowest BCUT2D eigenvalue weighted by Gasteiger charge is -2.45. The third-order valence-corrected chi connectivity index (χ3v) is 3.28. The maximum absolute atomic E-state index is 2.27. The number of hydrogen-bond acceptors (Lipinski definition) is 1. The van der Waals surface area contributed by atoms with Crippen LogP contribution in [0.4, 0.5) is 0 Å². The molecule has 0 spiro atoms. The molecule has 0 aromatic heterocycles. The molecule has 1 heteroatoms. The average molecular weight is 169 g/mol. The van der Waals surface area contributed by atoms with Gasteiger partial charge in [-0.3, -0.25) is 0 Å². The van der Waals surface area contributed by atoms with Crippen molar-refractivity contribution < 1.29 is 0 Å². The van der Waals surface area contributed by atoms with Gasteiger partial charge in [-0.05, 0) is 34.9 Å². The first-order valence-corrected chi connectivity index (χ1v) is 4.57. The van der Waals surface area contributed by atoms with Gasteiger partial charge in [0.25, 0.3) is 0 Å². The van der Waals surface area contributed by atoms with Crippen molar-refractivity contribution in [1.29, 1.82) is 0 Å². The highest BCUT2D eigenvalue weighted by Crippen LogP contribution is 2.35. The van der Waals surface area contributed by atoms with Crippen molar-refractivity contribution in [3.8, 4) is 0 Å². The van der Waals surface area contributed by atoms with E-state index in [1.807, 2.05) is 0 Å². The lowest BCUT2D eigenvalue weighted by atomic mass is 9.73. The molecule has 0 heterocycles. The van der Waals surface area contributed by atoms with Crippen molar-refractivity contribution in [2.75, 3.05) is 14.1 Å². The molecule has 0 N–H and O–H groups in total. The maximum Gasteiger partial charge on any atom is 0.0232 e. The van der Waals surface area contributed by atoms with Crippen molar-refractivity contribution >= 4 is 0 Å². The molecule has 0 bridgehead atoms. The summed E-state index contributed by atoms with van der Waals surface area (Å²) in [7, 11) is 4.26. The number of allylic oxidation sites excluding steroid dienone is 1. The Hall–Kier alpha value is -0.300. The van der Waals surface area contributed by atoms with E-state index in [-0.39, 0.29) is 11.0 Å². The molecule has 0 aromatic rings. The van der Waals surface area contributed by atoms with E-state index in [1.54, 1.807) is 0 Å². The molecule has 0 saturated carbocycles. The summed E-state index contributed by atoms with van der Waals surface area (Å²) >= 11 is 0. The normalized spacial score (nSPS) is 14.7. The first-order valence-electron chi connectivity index (χ1n) is 4.57. The number of hydrogen-bond donors (Lipinski definition) is 0. The zero-order chi connectivity index (χ0) is 9.99. The molecule has 0 radical (unpaired) electrons. The molecule has 0 aliphatic heterocycles. The molecule has 0 aliphatic rings. The molecule has 1 nitrogen and oxygen atoms in total. The Labute approximate surface area is 77.5 Å². The van der Waals surface area contributed by atoms with Crippen LogP contribution in [0.5, 0.6) is 0 Å². The largest absolute Gasteiger partial charge is 0.303 e. The Bertz CT molecular complexity index is 164. The molecular formula is C11H23N. The van der Waals surface area contributed by atoms with Crippen molar-refractivity contribution in [3.05, 3.63) is 12.2 Å². The zero-order valence-corrected chi connectivity index (χ0v) is 9.60. The Kier molecular flexibility index (Phi) is 3.52. The fraction of sp³-hybridized carbons (Fsp3) is 0.818. The van der Waals surface area contributed by atoms with Gasteiger partial charge in [-0.25, -0.2) is 0 Å². The Balaban J connectivity index is 4.74. The van der Waals surface area contributed by atoms with Gasteiger partial charge < -0.3 is 4.90 Å². The molecule has 72 valence electrons. The molecule has 0 atom stereocenters. The van der Waals surface area contributed by atoms with Crippen LogP contribution < -0.4 is 0 Å². The van der Waals surface area contributed by atoms with Crippen LogP contribution in [0.15, 0.2) is 12.2 Å². The average Bonchev–Trinajstić information content (AvgIpc) is 1.86. The van der Waals surface area contributed by atoms with E-state index in [2.05, 4.69) is 65.8 Å². The number of rotatable bonds is 3. The van der Waals surface area contributed by atoms with Gasteiger partial charge in [0.15, 0.2) is 0 Å². The van der Waals surface area contributed by atoms with Gasteiger partial charge in [0.1, 0.15) is 0 Å². The molecule has 0 fully saturated rings. The van der Waals surface area contributed by atoms with Crippen LogP contribution in [0.2, 0.25) is 0 Å². The molecular weight excluding hydrogens is 146 g/mol. The summed E-state index contributed by atoms with van der Waals surface area (Å²) in [4.78, 5) is 2.27. The van der Waals surface area contributed by atoms with Gasteiger partial charge in [0.05, 0.1) is 0 Å². The summed E-state index contributed by atoms with van der Waals surface area (Å²) in [6.45, 7) is 11.2. The van der Waals surface area contributed by atoms with Crippen LogP contribution in [0.3, 0.4) is 0 Å². The van der Waals surface area contributed by atoms with E-state index in [4.69, 9.17) is 0 Å². The highest BCUT2D eigenvalue weighted by molar-refractivity contribution is 5.05. The summed E-state index contributed by atoms with van der Waals surface area (Å²) in [5.41, 5.74) is 0.407. The van der Waals surface area contributed by atoms with E-state index in [1.165, 1.54) is 0 Å². The van der Waals surface area contributed by atoms with E-state index >= 15 is 0 Å². The van der Waals surface area contributed by atoms with Crippen LogP contribution >= 0.6 is 0 Å². The van der Waals surface area contributed by atoms with Gasteiger partial charge >= 0.3 is 0 Å². The molecule has 0 aromatic carbocycles. The lowest BCUT2D eigenvalue weighted by Crippen LogP contribution is -2.49. The summed E-state index contributed by atoms with van der Waals surface area (Å²) in [6.07, 6.45) is 4.40. The van der Waals surface area contributed by atoms with Crippen LogP contribution in [0.1, 0.15) is 34.6 Å². The van der Waals surface area contributed by atoms with E-state index in [0.717, 1.165) is 0 Å². The topological polar surface area (TPSA) is 3.24 Å². The van der Waals surface area contributed by atoms with Crippen molar-refractivity contribution in [3.63, 3.8) is 0 Å². The molecule has 0 amide bonds. The second-order valence-electron chi connectivity index (χ2n) is 4.68. The van der Waals surface area contributed by atoms with Gasteiger partial charge in [0.2, 0.25) is 0 Å². The lowest BCUT2D eigenvalue weighted by molar-refractivity contribution is 0.0862. The van der Waals surface area contributed by atoms with Crippen LogP contribution in [0.25, 0.3) is 0 Å². The standard InChI is InChI=1S/C11H23N/c1-8-9-10(2,3)11(4,5)12(6)7/h8-9H,1-7H3/b9-8+. The predicted molar refractivity (Wildman–Crippen MR) is 56.4 cm³/mol.